The highest BCUT2D eigenvalue weighted by Crippen LogP contribution is 2.35. The molecule has 168 valence electrons. The van der Waals surface area contributed by atoms with Crippen molar-refractivity contribution in [2.24, 2.45) is 0 Å². The zero-order valence-corrected chi connectivity index (χ0v) is 16.1. The van der Waals surface area contributed by atoms with Crippen molar-refractivity contribution >= 4 is 26.9 Å². The number of alkyl halides is 3. The normalized spacial score (nSPS) is 12.8. The number of aliphatic hydroxyl groups excluding tert-OH is 1. The van der Waals surface area contributed by atoms with Crippen LogP contribution in [-0.4, -0.2) is 41.7 Å². The first-order valence-electron chi connectivity index (χ1n) is 8.25. The summed E-state index contributed by atoms with van der Waals surface area (Å²) in [7, 11) is -5.79. The Balaban J connectivity index is 2.10. The van der Waals surface area contributed by atoms with Crippen LogP contribution in [-0.2, 0) is 9.84 Å². The number of anilines is 1. The number of halogens is 3. The SMILES string of the molecule is O=[N+]([O-])c1ccccc1NC(O)CCOc1ccc(S(=O)(=O)C(F)(F)F)cc1[N+](=O)[O-]. The second-order valence-electron chi connectivity index (χ2n) is 5.91. The van der Waals surface area contributed by atoms with Crippen molar-refractivity contribution in [1.29, 1.82) is 0 Å². The smallest absolute Gasteiger partial charge is 0.487 e. The number of nitrogens with one attached hydrogen (secondary N) is 1. The summed E-state index contributed by atoms with van der Waals surface area (Å²) in [6.45, 7) is -0.388. The summed E-state index contributed by atoms with van der Waals surface area (Å²) < 4.78 is 65.8. The maximum atomic E-state index is 12.6. The molecule has 0 bridgehead atoms. The van der Waals surface area contributed by atoms with Gasteiger partial charge in [-0.1, -0.05) is 12.1 Å². The molecule has 0 saturated heterocycles. The van der Waals surface area contributed by atoms with E-state index in [9.17, 15) is 46.9 Å². The van der Waals surface area contributed by atoms with Crippen molar-refractivity contribution in [1.82, 2.24) is 0 Å². The third-order valence-corrected chi connectivity index (χ3v) is 5.30. The molecule has 0 aliphatic heterocycles. The summed E-state index contributed by atoms with van der Waals surface area (Å²) in [5.74, 6) is -0.524. The molecule has 0 spiro atoms. The number of hydrogen-bond donors (Lipinski definition) is 2. The van der Waals surface area contributed by atoms with Gasteiger partial charge < -0.3 is 15.2 Å². The van der Waals surface area contributed by atoms with Crippen LogP contribution in [0, 0.1) is 20.2 Å². The lowest BCUT2D eigenvalue weighted by Crippen LogP contribution is -2.23. The minimum absolute atomic E-state index is 0.00712. The lowest BCUT2D eigenvalue weighted by molar-refractivity contribution is -0.386. The average Bonchev–Trinajstić information content (AvgIpc) is 2.67. The molecule has 0 aliphatic carbocycles. The molecule has 31 heavy (non-hydrogen) atoms. The standard InChI is InChI=1S/C16H14F3N3O8S/c17-16(18,19)31(28,29)10-5-6-14(13(9-10)22(26)27)30-8-7-15(23)20-11-3-1-2-4-12(11)21(24)25/h1-6,9,15,20,23H,7-8H2. The predicted molar refractivity (Wildman–Crippen MR) is 99.2 cm³/mol. The number of aliphatic hydroxyl groups is 1. The van der Waals surface area contributed by atoms with Gasteiger partial charge >= 0.3 is 11.2 Å². The summed E-state index contributed by atoms with van der Waals surface area (Å²) in [6, 6.07) is 6.86. The molecule has 2 rings (SSSR count). The predicted octanol–water partition coefficient (Wildman–Crippen LogP) is 3.00. The van der Waals surface area contributed by atoms with E-state index in [1.807, 2.05) is 0 Å². The van der Waals surface area contributed by atoms with Gasteiger partial charge in [0.25, 0.3) is 15.5 Å². The van der Waals surface area contributed by atoms with Crippen LogP contribution in [0.5, 0.6) is 5.75 Å². The third-order valence-electron chi connectivity index (χ3n) is 3.81. The molecule has 2 N–H and O–H groups in total. The summed E-state index contributed by atoms with van der Waals surface area (Å²) >= 11 is 0. The Bertz CT molecular complexity index is 1090. The van der Waals surface area contributed by atoms with Gasteiger partial charge in [0.2, 0.25) is 0 Å². The number of nitro groups is 2. The van der Waals surface area contributed by atoms with E-state index in [2.05, 4.69) is 5.32 Å². The minimum Gasteiger partial charge on any atom is -0.487 e. The Morgan fingerprint density at radius 3 is 2.26 bits per heavy atom. The van der Waals surface area contributed by atoms with E-state index < -0.39 is 47.8 Å². The molecule has 15 heteroatoms. The summed E-state index contributed by atoms with van der Waals surface area (Å²) in [5.41, 5.74) is -6.96. The Hall–Kier alpha value is -3.46. The van der Waals surface area contributed by atoms with E-state index in [1.165, 1.54) is 24.3 Å². The van der Waals surface area contributed by atoms with E-state index in [-0.39, 0.29) is 30.5 Å². The largest absolute Gasteiger partial charge is 0.501 e. The maximum absolute atomic E-state index is 12.6. The van der Waals surface area contributed by atoms with Crippen molar-refractivity contribution in [3.8, 4) is 5.75 Å². The van der Waals surface area contributed by atoms with Crippen molar-refractivity contribution in [3.63, 3.8) is 0 Å². The summed E-state index contributed by atoms with van der Waals surface area (Å²) in [4.78, 5) is 18.9. The fourth-order valence-electron chi connectivity index (χ4n) is 2.35. The molecule has 0 saturated carbocycles. The molecule has 2 aromatic rings. The number of rotatable bonds is 9. The van der Waals surface area contributed by atoms with Gasteiger partial charge in [0.1, 0.15) is 11.9 Å². The Morgan fingerprint density at radius 1 is 1.06 bits per heavy atom. The van der Waals surface area contributed by atoms with Crippen molar-refractivity contribution in [2.75, 3.05) is 11.9 Å². The number of ether oxygens (including phenoxy) is 1. The summed E-state index contributed by atoms with van der Waals surface area (Å²) in [5, 5.41) is 34.5. The van der Waals surface area contributed by atoms with E-state index in [0.717, 1.165) is 0 Å². The maximum Gasteiger partial charge on any atom is 0.501 e. The number of hydrogen-bond acceptors (Lipinski definition) is 9. The molecule has 0 radical (unpaired) electrons. The van der Waals surface area contributed by atoms with Gasteiger partial charge in [-0.2, -0.15) is 13.2 Å². The first kappa shape index (κ1) is 23.8. The first-order chi connectivity index (χ1) is 14.3. The van der Waals surface area contributed by atoms with E-state index in [4.69, 9.17) is 4.74 Å². The molecule has 0 aliphatic rings. The van der Waals surface area contributed by atoms with Crippen LogP contribution in [0.2, 0.25) is 0 Å². The van der Waals surface area contributed by atoms with E-state index in [1.54, 1.807) is 0 Å². The molecule has 2 aromatic carbocycles. The number of benzene rings is 2. The zero-order chi connectivity index (χ0) is 23.4. The summed E-state index contributed by atoms with van der Waals surface area (Å²) in [6.07, 6.45) is -1.60. The Morgan fingerprint density at radius 2 is 1.68 bits per heavy atom. The van der Waals surface area contributed by atoms with Crippen LogP contribution in [0.1, 0.15) is 6.42 Å². The highest BCUT2D eigenvalue weighted by atomic mass is 32.2. The first-order valence-corrected chi connectivity index (χ1v) is 9.73. The molecular formula is C16H14F3N3O8S. The molecule has 1 unspecified atom stereocenters. The van der Waals surface area contributed by atoms with Crippen LogP contribution in [0.15, 0.2) is 47.4 Å². The van der Waals surface area contributed by atoms with Gasteiger partial charge in [0, 0.05) is 18.6 Å². The molecule has 0 amide bonds. The molecule has 11 nitrogen and oxygen atoms in total. The van der Waals surface area contributed by atoms with Crippen molar-refractivity contribution < 1.29 is 41.3 Å². The number of sulfone groups is 1. The van der Waals surface area contributed by atoms with E-state index >= 15 is 0 Å². The quantitative estimate of drug-likeness (QED) is 0.322. The third kappa shape index (κ3) is 5.58. The van der Waals surface area contributed by atoms with Gasteiger partial charge in [-0.25, -0.2) is 8.42 Å². The van der Waals surface area contributed by atoms with Gasteiger partial charge in [0.05, 0.1) is 21.3 Å². The van der Waals surface area contributed by atoms with Crippen LogP contribution in [0.3, 0.4) is 0 Å². The second kappa shape index (κ2) is 9.13. The Labute approximate surface area is 172 Å². The van der Waals surface area contributed by atoms with Crippen LogP contribution < -0.4 is 10.1 Å². The van der Waals surface area contributed by atoms with Gasteiger partial charge in [0.15, 0.2) is 5.75 Å². The van der Waals surface area contributed by atoms with E-state index in [0.29, 0.717) is 12.1 Å². The average molecular weight is 465 g/mol. The lowest BCUT2D eigenvalue weighted by Gasteiger charge is -2.15. The van der Waals surface area contributed by atoms with Crippen molar-refractivity contribution in [3.05, 3.63) is 62.7 Å². The van der Waals surface area contributed by atoms with Crippen molar-refractivity contribution in [2.45, 2.75) is 23.1 Å². The highest BCUT2D eigenvalue weighted by Gasteiger charge is 2.47. The number of nitrogens with zero attached hydrogens (tertiary/aromatic N) is 2. The van der Waals surface area contributed by atoms with Gasteiger partial charge in [-0.15, -0.1) is 0 Å². The zero-order valence-electron chi connectivity index (χ0n) is 15.3. The fourth-order valence-corrected chi connectivity index (χ4v) is 3.13. The fraction of sp³-hybridized carbons (Fsp3) is 0.250. The monoisotopic (exact) mass is 465 g/mol. The van der Waals surface area contributed by atoms with Gasteiger partial charge in [-0.3, -0.25) is 20.2 Å². The van der Waals surface area contributed by atoms with Gasteiger partial charge in [-0.05, 0) is 18.2 Å². The number of para-hydroxylation sites is 2. The minimum atomic E-state index is -5.79. The molecule has 0 fully saturated rings. The molecule has 0 heterocycles. The number of nitro benzene ring substituents is 2. The molecule has 0 aromatic heterocycles. The topological polar surface area (TPSA) is 162 Å². The Kier molecular flexibility index (Phi) is 7.02. The van der Waals surface area contributed by atoms with Crippen LogP contribution in [0.4, 0.5) is 30.2 Å². The highest BCUT2D eigenvalue weighted by molar-refractivity contribution is 7.92. The second-order valence-corrected chi connectivity index (χ2v) is 7.85. The molecular weight excluding hydrogens is 451 g/mol. The van der Waals surface area contributed by atoms with Crippen LogP contribution >= 0.6 is 0 Å². The van der Waals surface area contributed by atoms with Crippen LogP contribution in [0.25, 0.3) is 0 Å². The lowest BCUT2D eigenvalue weighted by atomic mass is 10.2. The molecule has 1 atom stereocenters.